The quantitative estimate of drug-likeness (QED) is 0.670. The average Bonchev–Trinajstić information content (AvgIpc) is 3.48. The molecule has 2 N–H and O–H groups in total. The highest BCUT2D eigenvalue weighted by atomic mass is 16.3. The molecule has 0 radical (unpaired) electrons. The van der Waals surface area contributed by atoms with Crippen LogP contribution in [0.3, 0.4) is 0 Å². The first-order chi connectivity index (χ1) is 16.0. The Morgan fingerprint density at radius 1 is 1.03 bits per heavy atom. The van der Waals surface area contributed by atoms with E-state index in [2.05, 4.69) is 0 Å². The lowest BCUT2D eigenvalue weighted by Crippen LogP contribution is -2.49. The molecule has 2 amide bonds. The maximum Gasteiger partial charge on any atom is 0.289 e. The molecule has 1 saturated heterocycles. The third-order valence-electron chi connectivity index (χ3n) is 6.78. The van der Waals surface area contributed by atoms with E-state index in [-0.39, 0.29) is 23.7 Å². The molecule has 5 rings (SSSR count). The van der Waals surface area contributed by atoms with Gasteiger partial charge >= 0.3 is 0 Å². The number of piperidine rings is 1. The second-order valence-corrected chi connectivity index (χ2v) is 8.59. The lowest BCUT2D eigenvalue weighted by molar-refractivity contribution is -0.133. The van der Waals surface area contributed by atoms with E-state index >= 15 is 0 Å². The topological polar surface area (TPSA) is 92.1 Å². The number of rotatable bonds is 4. The Bertz CT molecular complexity index is 1200. The summed E-state index contributed by atoms with van der Waals surface area (Å²) in [6.45, 7) is 1.05. The van der Waals surface area contributed by atoms with Crippen LogP contribution in [-0.4, -0.2) is 47.7 Å². The molecule has 1 fully saturated rings. The number of likely N-dealkylation sites (N-methyl/N-ethyl adjacent to an activating group) is 1. The summed E-state index contributed by atoms with van der Waals surface area (Å²) < 4.78 is 5.27. The zero-order valence-corrected chi connectivity index (χ0v) is 18.5. The molecule has 2 aliphatic heterocycles. The summed E-state index contributed by atoms with van der Waals surface area (Å²) in [4.78, 5) is 34.3. The second kappa shape index (κ2) is 8.24. The molecule has 0 spiro atoms. The number of carbonyl (C=O) groups is 2. The maximum absolute atomic E-state index is 13.6. The Hall–Kier alpha value is -3.87. The number of hydrogen-bond acceptors (Lipinski definition) is 5. The van der Waals surface area contributed by atoms with Gasteiger partial charge in [0.1, 0.15) is 0 Å². The van der Waals surface area contributed by atoms with Gasteiger partial charge in [0.2, 0.25) is 0 Å². The Morgan fingerprint density at radius 2 is 1.76 bits per heavy atom. The van der Waals surface area contributed by atoms with E-state index in [9.17, 15) is 9.59 Å². The van der Waals surface area contributed by atoms with Crippen LogP contribution in [0.15, 0.2) is 82.4 Å². The molecule has 7 nitrogen and oxygen atoms in total. The minimum absolute atomic E-state index is 0.0832. The fraction of sp³-hybridized carbons (Fsp3) is 0.269. The van der Waals surface area contributed by atoms with Gasteiger partial charge in [-0.05, 0) is 47.7 Å². The van der Waals surface area contributed by atoms with Crippen molar-refractivity contribution in [2.24, 2.45) is 16.6 Å². The highest BCUT2D eigenvalue weighted by Crippen LogP contribution is 2.45. The fourth-order valence-electron chi connectivity index (χ4n) is 4.98. The van der Waals surface area contributed by atoms with E-state index in [1.807, 2.05) is 54.6 Å². The van der Waals surface area contributed by atoms with Gasteiger partial charge < -0.3 is 15.1 Å². The number of benzene rings is 2. The largest absolute Gasteiger partial charge is 0.459 e. The van der Waals surface area contributed by atoms with Crippen molar-refractivity contribution in [3.63, 3.8) is 0 Å². The van der Waals surface area contributed by atoms with Gasteiger partial charge in [-0.1, -0.05) is 48.5 Å². The van der Waals surface area contributed by atoms with E-state index < -0.39 is 5.54 Å². The third kappa shape index (κ3) is 3.50. The molecule has 0 aliphatic carbocycles. The van der Waals surface area contributed by atoms with Crippen LogP contribution in [0, 0.1) is 5.92 Å². The minimum atomic E-state index is -1.09. The average molecular weight is 443 g/mol. The predicted molar refractivity (Wildman–Crippen MR) is 125 cm³/mol. The first kappa shape index (κ1) is 21.0. The van der Waals surface area contributed by atoms with Gasteiger partial charge in [-0.2, -0.15) is 0 Å². The molecule has 2 aromatic carbocycles. The van der Waals surface area contributed by atoms with Crippen LogP contribution in [0.5, 0.6) is 0 Å². The van der Waals surface area contributed by atoms with E-state index in [0.717, 1.165) is 16.7 Å². The van der Waals surface area contributed by atoms with Crippen LogP contribution >= 0.6 is 0 Å². The number of carbonyl (C=O) groups excluding carboxylic acids is 2. The van der Waals surface area contributed by atoms with Crippen LogP contribution < -0.4 is 5.73 Å². The van der Waals surface area contributed by atoms with Gasteiger partial charge in [0.15, 0.2) is 17.3 Å². The molecule has 168 valence electrons. The Labute approximate surface area is 192 Å². The summed E-state index contributed by atoms with van der Waals surface area (Å²) in [5.41, 5.74) is 7.99. The Balaban J connectivity index is 1.48. The molecular weight excluding hydrogens is 416 g/mol. The van der Waals surface area contributed by atoms with Crippen molar-refractivity contribution in [2.75, 3.05) is 20.1 Å². The molecule has 1 unspecified atom stereocenters. The smallest absolute Gasteiger partial charge is 0.289 e. The zero-order chi connectivity index (χ0) is 23.0. The van der Waals surface area contributed by atoms with Crippen LogP contribution in [-0.2, 0) is 10.3 Å². The highest BCUT2D eigenvalue weighted by molar-refractivity contribution is 6.07. The number of guanidine groups is 1. The van der Waals surface area contributed by atoms with Crippen molar-refractivity contribution in [1.29, 1.82) is 0 Å². The predicted octanol–water partition coefficient (Wildman–Crippen LogP) is 3.48. The molecule has 1 atom stereocenters. The lowest BCUT2D eigenvalue weighted by Gasteiger charge is -2.39. The molecule has 0 bridgehead atoms. The molecule has 3 heterocycles. The second-order valence-electron chi connectivity index (χ2n) is 8.59. The molecule has 2 aliphatic rings. The highest BCUT2D eigenvalue weighted by Gasteiger charge is 2.54. The van der Waals surface area contributed by atoms with Crippen LogP contribution in [0.2, 0.25) is 0 Å². The van der Waals surface area contributed by atoms with Crippen molar-refractivity contribution in [2.45, 2.75) is 18.4 Å². The van der Waals surface area contributed by atoms with Crippen molar-refractivity contribution < 1.29 is 14.0 Å². The Morgan fingerprint density at radius 3 is 2.39 bits per heavy atom. The fourth-order valence-corrected chi connectivity index (χ4v) is 4.98. The summed E-state index contributed by atoms with van der Waals surface area (Å²) >= 11 is 0. The number of likely N-dealkylation sites (tertiary alicyclic amines) is 1. The van der Waals surface area contributed by atoms with Crippen molar-refractivity contribution >= 4 is 17.8 Å². The number of hydrogen-bond donors (Lipinski definition) is 1. The van der Waals surface area contributed by atoms with Gasteiger partial charge in [0.25, 0.3) is 11.8 Å². The molecule has 1 aromatic heterocycles. The summed E-state index contributed by atoms with van der Waals surface area (Å²) in [5.74, 6) is 0.217. The number of nitrogens with zero attached hydrogens (tertiary/aromatic N) is 3. The molecule has 33 heavy (non-hydrogen) atoms. The van der Waals surface area contributed by atoms with E-state index in [0.29, 0.717) is 31.7 Å². The summed E-state index contributed by atoms with van der Waals surface area (Å²) in [7, 11) is 1.67. The SMILES string of the molecule is CN1C(=O)C(c2cccc(-c3ccccc3)c2)(C2CCN(C(=O)c3ccco3)CC2)N=C1N. The lowest BCUT2D eigenvalue weighted by atomic mass is 9.72. The van der Waals surface area contributed by atoms with Gasteiger partial charge in [-0.15, -0.1) is 0 Å². The zero-order valence-electron chi connectivity index (χ0n) is 18.5. The van der Waals surface area contributed by atoms with E-state index in [1.54, 1.807) is 24.1 Å². The number of furan rings is 1. The Kier molecular flexibility index (Phi) is 5.24. The standard InChI is InChI=1S/C26H26N4O3/c1-29-24(32)26(28-25(29)27,21-10-5-9-19(17-21)18-7-3-2-4-8-18)20-12-14-30(15-13-20)23(31)22-11-6-16-33-22/h2-11,16-17,20H,12-15H2,1H3,(H2,27,28). The van der Waals surface area contributed by atoms with Gasteiger partial charge in [0, 0.05) is 26.1 Å². The minimum Gasteiger partial charge on any atom is -0.459 e. The van der Waals surface area contributed by atoms with Crippen molar-refractivity contribution in [3.05, 3.63) is 84.3 Å². The number of aliphatic imine (C=N–C) groups is 1. The molecular formula is C26H26N4O3. The van der Waals surface area contributed by atoms with Crippen molar-refractivity contribution in [1.82, 2.24) is 9.80 Å². The van der Waals surface area contributed by atoms with Crippen LogP contribution in [0.1, 0.15) is 29.0 Å². The van der Waals surface area contributed by atoms with E-state index in [1.165, 1.54) is 11.2 Å². The maximum atomic E-state index is 13.6. The van der Waals surface area contributed by atoms with Crippen LogP contribution in [0.25, 0.3) is 11.1 Å². The van der Waals surface area contributed by atoms with Crippen molar-refractivity contribution in [3.8, 4) is 11.1 Å². The van der Waals surface area contributed by atoms with E-state index in [4.69, 9.17) is 15.1 Å². The van der Waals surface area contributed by atoms with Gasteiger partial charge in [-0.25, -0.2) is 4.99 Å². The molecule has 7 heteroatoms. The first-order valence-corrected chi connectivity index (χ1v) is 11.1. The molecule has 0 saturated carbocycles. The number of amides is 2. The summed E-state index contributed by atoms with van der Waals surface area (Å²) in [6.07, 6.45) is 2.77. The van der Waals surface area contributed by atoms with Gasteiger partial charge in [0.05, 0.1) is 6.26 Å². The first-order valence-electron chi connectivity index (χ1n) is 11.1. The number of nitrogens with two attached hydrogens (primary N) is 1. The van der Waals surface area contributed by atoms with Gasteiger partial charge in [-0.3, -0.25) is 14.5 Å². The third-order valence-corrected chi connectivity index (χ3v) is 6.78. The summed E-state index contributed by atoms with van der Waals surface area (Å²) in [5, 5.41) is 0. The summed E-state index contributed by atoms with van der Waals surface area (Å²) in [6, 6.07) is 21.4. The monoisotopic (exact) mass is 442 g/mol. The normalized spacial score (nSPS) is 21.4. The van der Waals surface area contributed by atoms with Crippen LogP contribution in [0.4, 0.5) is 0 Å². The molecule has 3 aromatic rings.